The van der Waals surface area contributed by atoms with Crippen LogP contribution in [0.3, 0.4) is 0 Å². The standard InChI is InChI=1S/C14H24N4O.ClH/c1-11(2)18-13(7-10-16-18)17-14(19)4-3-12-5-8-15-9-6-12;/h7,10-12,15H,3-6,8-9H2,1-2H3,(H,17,19);1H. The predicted octanol–water partition coefficient (Wildman–Crippen LogP) is 2.60. The van der Waals surface area contributed by atoms with Gasteiger partial charge < -0.3 is 10.6 Å². The van der Waals surface area contributed by atoms with Gasteiger partial charge in [-0.25, -0.2) is 4.68 Å². The summed E-state index contributed by atoms with van der Waals surface area (Å²) < 4.78 is 1.84. The number of carbonyl (C=O) groups is 1. The van der Waals surface area contributed by atoms with E-state index >= 15 is 0 Å². The predicted molar refractivity (Wildman–Crippen MR) is 83.3 cm³/mol. The Morgan fingerprint density at radius 1 is 1.50 bits per heavy atom. The Hall–Kier alpha value is -1.07. The number of hydrogen-bond donors (Lipinski definition) is 2. The zero-order valence-corrected chi connectivity index (χ0v) is 13.1. The van der Waals surface area contributed by atoms with E-state index in [1.54, 1.807) is 6.20 Å². The van der Waals surface area contributed by atoms with Crippen molar-refractivity contribution >= 4 is 24.1 Å². The number of piperidine rings is 1. The minimum absolute atomic E-state index is 0. The molecule has 1 fully saturated rings. The number of aromatic nitrogens is 2. The van der Waals surface area contributed by atoms with E-state index in [0.29, 0.717) is 12.3 Å². The molecular formula is C14H25ClN4O. The van der Waals surface area contributed by atoms with Gasteiger partial charge in [-0.05, 0) is 52.1 Å². The highest BCUT2D eigenvalue weighted by atomic mass is 35.5. The molecule has 1 aliphatic rings. The first-order chi connectivity index (χ1) is 9.16. The molecule has 0 spiro atoms. The SMILES string of the molecule is CC(C)n1nccc1NC(=O)CCC1CCNCC1.Cl. The lowest BCUT2D eigenvalue weighted by Gasteiger charge is -2.22. The number of amides is 1. The molecule has 2 N–H and O–H groups in total. The monoisotopic (exact) mass is 300 g/mol. The lowest BCUT2D eigenvalue weighted by molar-refractivity contribution is -0.116. The Morgan fingerprint density at radius 3 is 2.85 bits per heavy atom. The van der Waals surface area contributed by atoms with Crippen LogP contribution in [0.1, 0.15) is 45.6 Å². The first-order valence-electron chi connectivity index (χ1n) is 7.21. The van der Waals surface area contributed by atoms with Crippen molar-refractivity contribution in [2.45, 2.75) is 45.6 Å². The molecule has 0 aromatic carbocycles. The maximum atomic E-state index is 12.0. The summed E-state index contributed by atoms with van der Waals surface area (Å²) in [5.74, 6) is 1.59. The fourth-order valence-electron chi connectivity index (χ4n) is 2.54. The molecule has 114 valence electrons. The van der Waals surface area contributed by atoms with Gasteiger partial charge in [0.2, 0.25) is 5.91 Å². The lowest BCUT2D eigenvalue weighted by Crippen LogP contribution is -2.28. The minimum atomic E-state index is 0. The largest absolute Gasteiger partial charge is 0.317 e. The Bertz CT molecular complexity index is 413. The van der Waals surface area contributed by atoms with Crippen LogP contribution >= 0.6 is 12.4 Å². The number of halogens is 1. The van der Waals surface area contributed by atoms with E-state index in [9.17, 15) is 4.79 Å². The van der Waals surface area contributed by atoms with Crippen molar-refractivity contribution < 1.29 is 4.79 Å². The van der Waals surface area contributed by atoms with Crippen molar-refractivity contribution in [3.63, 3.8) is 0 Å². The Labute approximate surface area is 126 Å². The van der Waals surface area contributed by atoms with Crippen molar-refractivity contribution in [2.24, 2.45) is 5.92 Å². The van der Waals surface area contributed by atoms with Crippen LogP contribution in [0.15, 0.2) is 12.3 Å². The minimum Gasteiger partial charge on any atom is -0.317 e. The van der Waals surface area contributed by atoms with Crippen LogP contribution in [0.2, 0.25) is 0 Å². The van der Waals surface area contributed by atoms with Gasteiger partial charge in [0.1, 0.15) is 5.82 Å². The molecule has 1 aromatic rings. The van der Waals surface area contributed by atoms with Crippen molar-refractivity contribution in [1.82, 2.24) is 15.1 Å². The molecule has 20 heavy (non-hydrogen) atoms. The van der Waals surface area contributed by atoms with E-state index in [1.807, 2.05) is 10.7 Å². The topological polar surface area (TPSA) is 59.0 Å². The molecule has 0 atom stereocenters. The van der Waals surface area contributed by atoms with E-state index in [2.05, 4.69) is 29.6 Å². The van der Waals surface area contributed by atoms with Gasteiger partial charge in [-0.15, -0.1) is 12.4 Å². The highest BCUT2D eigenvalue weighted by molar-refractivity contribution is 5.89. The van der Waals surface area contributed by atoms with Gasteiger partial charge in [-0.1, -0.05) is 0 Å². The normalized spacial score (nSPS) is 15.9. The van der Waals surface area contributed by atoms with Crippen LogP contribution in [0.4, 0.5) is 5.82 Å². The third kappa shape index (κ3) is 4.80. The van der Waals surface area contributed by atoms with E-state index < -0.39 is 0 Å². The first kappa shape index (κ1) is 17.0. The summed E-state index contributed by atoms with van der Waals surface area (Å²) in [6.45, 7) is 6.29. The Kier molecular flexibility index (Phi) is 7.02. The molecule has 1 amide bonds. The zero-order valence-electron chi connectivity index (χ0n) is 12.3. The summed E-state index contributed by atoms with van der Waals surface area (Å²) >= 11 is 0. The maximum absolute atomic E-state index is 12.0. The number of carbonyl (C=O) groups excluding carboxylic acids is 1. The van der Waals surface area contributed by atoms with Gasteiger partial charge in [-0.2, -0.15) is 5.10 Å². The first-order valence-corrected chi connectivity index (χ1v) is 7.21. The van der Waals surface area contributed by atoms with Crippen molar-refractivity contribution in [3.05, 3.63) is 12.3 Å². The Morgan fingerprint density at radius 2 is 2.20 bits per heavy atom. The van der Waals surface area contributed by atoms with Crippen LogP contribution in [-0.4, -0.2) is 28.8 Å². The van der Waals surface area contributed by atoms with Gasteiger partial charge in [0.25, 0.3) is 0 Å². The smallest absolute Gasteiger partial charge is 0.225 e. The van der Waals surface area contributed by atoms with Crippen molar-refractivity contribution in [1.29, 1.82) is 0 Å². The van der Waals surface area contributed by atoms with Crippen LogP contribution < -0.4 is 10.6 Å². The molecule has 0 unspecified atom stereocenters. The van der Waals surface area contributed by atoms with Crippen LogP contribution in [-0.2, 0) is 4.79 Å². The van der Waals surface area contributed by atoms with Crippen LogP contribution in [0.25, 0.3) is 0 Å². The average Bonchev–Trinajstić information content (AvgIpc) is 2.86. The van der Waals surface area contributed by atoms with Gasteiger partial charge in [0.05, 0.1) is 6.20 Å². The van der Waals surface area contributed by atoms with Gasteiger partial charge in [0.15, 0.2) is 0 Å². The molecule has 0 radical (unpaired) electrons. The molecule has 6 heteroatoms. The van der Waals surface area contributed by atoms with E-state index in [0.717, 1.165) is 25.3 Å². The highest BCUT2D eigenvalue weighted by Crippen LogP contribution is 2.19. The summed E-state index contributed by atoms with van der Waals surface area (Å²) in [7, 11) is 0. The molecule has 1 aromatic heterocycles. The quantitative estimate of drug-likeness (QED) is 0.879. The lowest BCUT2D eigenvalue weighted by atomic mass is 9.93. The fraction of sp³-hybridized carbons (Fsp3) is 0.714. The van der Waals surface area contributed by atoms with Gasteiger partial charge in [-0.3, -0.25) is 4.79 Å². The fourth-order valence-corrected chi connectivity index (χ4v) is 2.54. The van der Waals surface area contributed by atoms with Crippen LogP contribution in [0, 0.1) is 5.92 Å². The molecule has 0 aliphatic carbocycles. The zero-order chi connectivity index (χ0) is 13.7. The maximum Gasteiger partial charge on any atom is 0.225 e. The number of hydrogen-bond acceptors (Lipinski definition) is 3. The summed E-state index contributed by atoms with van der Waals surface area (Å²) in [5.41, 5.74) is 0. The highest BCUT2D eigenvalue weighted by Gasteiger charge is 2.15. The molecule has 2 rings (SSSR count). The molecule has 0 bridgehead atoms. The van der Waals surface area contributed by atoms with Gasteiger partial charge >= 0.3 is 0 Å². The third-order valence-corrected chi connectivity index (χ3v) is 3.67. The number of nitrogens with one attached hydrogen (secondary N) is 2. The number of anilines is 1. The molecule has 1 saturated heterocycles. The average molecular weight is 301 g/mol. The Balaban J connectivity index is 0.00000200. The third-order valence-electron chi connectivity index (χ3n) is 3.67. The van der Waals surface area contributed by atoms with Crippen molar-refractivity contribution in [3.8, 4) is 0 Å². The van der Waals surface area contributed by atoms with E-state index in [4.69, 9.17) is 0 Å². The van der Waals surface area contributed by atoms with E-state index in [-0.39, 0.29) is 24.4 Å². The van der Waals surface area contributed by atoms with Crippen LogP contribution in [0.5, 0.6) is 0 Å². The molecule has 2 heterocycles. The van der Waals surface area contributed by atoms with Gasteiger partial charge in [0, 0.05) is 18.5 Å². The summed E-state index contributed by atoms with van der Waals surface area (Å²) in [4.78, 5) is 12.0. The van der Waals surface area contributed by atoms with Crippen molar-refractivity contribution in [2.75, 3.05) is 18.4 Å². The molecule has 1 aliphatic heterocycles. The number of nitrogens with zero attached hydrogens (tertiary/aromatic N) is 2. The molecular weight excluding hydrogens is 276 g/mol. The second-order valence-electron chi connectivity index (χ2n) is 5.53. The summed E-state index contributed by atoms with van der Waals surface area (Å²) in [6.07, 6.45) is 5.70. The summed E-state index contributed by atoms with van der Waals surface area (Å²) in [6, 6.07) is 2.11. The number of rotatable bonds is 5. The molecule has 0 saturated carbocycles. The van der Waals surface area contributed by atoms with E-state index in [1.165, 1.54) is 12.8 Å². The second kappa shape index (κ2) is 8.27. The summed E-state index contributed by atoms with van der Waals surface area (Å²) in [5, 5.41) is 10.5. The molecule has 5 nitrogen and oxygen atoms in total. The second-order valence-corrected chi connectivity index (χ2v) is 5.53.